The van der Waals surface area contributed by atoms with Crippen molar-refractivity contribution in [3.05, 3.63) is 59.7 Å². The van der Waals surface area contributed by atoms with Crippen molar-refractivity contribution >= 4 is 11.9 Å². The minimum atomic E-state index is -1.04. The fourth-order valence-corrected chi connectivity index (χ4v) is 3.80. The third-order valence-corrected chi connectivity index (χ3v) is 5.52. The lowest BCUT2D eigenvalue weighted by atomic mass is 9.98. The highest BCUT2D eigenvalue weighted by molar-refractivity contribution is 5.82. The standard InChI is InChI=1S/C24H29NO4/c1-4-28-23(27)24(14-8-9-15-24)29-25(3)22(26)17-21-16-20(13-12-18(21)2)19-10-6-5-7-11-19/h5-7,10-13,16H,4,8-9,14-15,17H2,1-3H3. The Morgan fingerprint density at radius 1 is 1.03 bits per heavy atom. The van der Waals surface area contributed by atoms with Crippen molar-refractivity contribution in [1.29, 1.82) is 0 Å². The number of rotatable bonds is 7. The fraction of sp³-hybridized carbons (Fsp3) is 0.417. The summed E-state index contributed by atoms with van der Waals surface area (Å²) >= 11 is 0. The highest BCUT2D eigenvalue weighted by Crippen LogP contribution is 2.35. The van der Waals surface area contributed by atoms with Gasteiger partial charge in [-0.3, -0.25) is 9.63 Å². The molecule has 1 aliphatic rings. The predicted octanol–water partition coefficient (Wildman–Crippen LogP) is 4.47. The summed E-state index contributed by atoms with van der Waals surface area (Å²) in [5.74, 6) is -0.562. The lowest BCUT2D eigenvalue weighted by molar-refractivity contribution is -0.237. The number of hydrogen-bond acceptors (Lipinski definition) is 4. The van der Waals surface area contributed by atoms with Crippen LogP contribution in [0.2, 0.25) is 0 Å². The molecular formula is C24H29NO4. The summed E-state index contributed by atoms with van der Waals surface area (Å²) in [6.07, 6.45) is 3.14. The van der Waals surface area contributed by atoms with Crippen LogP contribution in [-0.4, -0.2) is 36.2 Å². The Morgan fingerprint density at radius 2 is 1.72 bits per heavy atom. The number of esters is 1. The van der Waals surface area contributed by atoms with Crippen LogP contribution >= 0.6 is 0 Å². The van der Waals surface area contributed by atoms with Crippen molar-refractivity contribution in [2.75, 3.05) is 13.7 Å². The molecule has 0 N–H and O–H groups in total. The Bertz CT molecular complexity index is 856. The van der Waals surface area contributed by atoms with Gasteiger partial charge in [0, 0.05) is 7.05 Å². The molecule has 29 heavy (non-hydrogen) atoms. The smallest absolute Gasteiger partial charge is 0.341 e. The third kappa shape index (κ3) is 4.85. The number of hydrogen-bond donors (Lipinski definition) is 0. The molecule has 0 radical (unpaired) electrons. The Balaban J connectivity index is 1.73. The first kappa shape index (κ1) is 21.1. The predicted molar refractivity (Wildman–Crippen MR) is 112 cm³/mol. The normalized spacial score (nSPS) is 15.1. The van der Waals surface area contributed by atoms with Crippen LogP contribution in [0.25, 0.3) is 11.1 Å². The number of benzene rings is 2. The zero-order valence-corrected chi connectivity index (χ0v) is 17.4. The molecule has 1 fully saturated rings. The van der Waals surface area contributed by atoms with Crippen molar-refractivity contribution in [3.63, 3.8) is 0 Å². The van der Waals surface area contributed by atoms with Gasteiger partial charge in [0.15, 0.2) is 5.60 Å². The largest absolute Gasteiger partial charge is 0.464 e. The molecule has 2 aromatic carbocycles. The first-order chi connectivity index (χ1) is 13.9. The Kier molecular flexibility index (Phi) is 6.70. The summed E-state index contributed by atoms with van der Waals surface area (Å²) in [5, 5.41) is 1.22. The summed E-state index contributed by atoms with van der Waals surface area (Å²) in [6.45, 7) is 4.07. The van der Waals surface area contributed by atoms with Gasteiger partial charge in [0.25, 0.3) is 0 Å². The van der Waals surface area contributed by atoms with E-state index in [1.807, 2.05) is 37.3 Å². The highest BCUT2D eigenvalue weighted by Gasteiger charge is 2.46. The molecule has 3 rings (SSSR count). The minimum absolute atomic E-state index is 0.186. The Hall–Kier alpha value is -2.66. The maximum atomic E-state index is 12.9. The van der Waals surface area contributed by atoms with E-state index < -0.39 is 5.60 Å². The minimum Gasteiger partial charge on any atom is -0.464 e. The van der Waals surface area contributed by atoms with Gasteiger partial charge in [0.1, 0.15) is 0 Å². The van der Waals surface area contributed by atoms with E-state index in [2.05, 4.69) is 18.2 Å². The van der Waals surface area contributed by atoms with Gasteiger partial charge in [0.2, 0.25) is 5.91 Å². The van der Waals surface area contributed by atoms with Crippen LogP contribution in [0.3, 0.4) is 0 Å². The third-order valence-electron chi connectivity index (χ3n) is 5.52. The van der Waals surface area contributed by atoms with Gasteiger partial charge in [-0.1, -0.05) is 48.5 Å². The van der Waals surface area contributed by atoms with Crippen LogP contribution in [0.5, 0.6) is 0 Å². The van der Waals surface area contributed by atoms with E-state index in [1.165, 1.54) is 5.06 Å². The molecule has 0 aliphatic heterocycles. The van der Waals surface area contributed by atoms with E-state index in [0.29, 0.717) is 19.4 Å². The number of likely N-dealkylation sites (N-methyl/N-ethyl adjacent to an activating group) is 1. The number of hydroxylamine groups is 2. The van der Waals surface area contributed by atoms with E-state index in [4.69, 9.17) is 9.57 Å². The van der Waals surface area contributed by atoms with Crippen LogP contribution in [-0.2, 0) is 25.6 Å². The lowest BCUT2D eigenvalue weighted by Gasteiger charge is -2.31. The zero-order valence-electron chi connectivity index (χ0n) is 17.4. The molecule has 0 bridgehead atoms. The van der Waals surface area contributed by atoms with E-state index in [9.17, 15) is 9.59 Å². The number of amides is 1. The van der Waals surface area contributed by atoms with Crippen molar-refractivity contribution in [1.82, 2.24) is 5.06 Å². The molecule has 0 aromatic heterocycles. The van der Waals surface area contributed by atoms with Gasteiger partial charge < -0.3 is 4.74 Å². The molecule has 0 heterocycles. The monoisotopic (exact) mass is 395 g/mol. The molecule has 0 unspecified atom stereocenters. The second-order valence-corrected chi connectivity index (χ2v) is 7.59. The van der Waals surface area contributed by atoms with Gasteiger partial charge in [-0.05, 0) is 61.8 Å². The molecule has 0 saturated heterocycles. The summed E-state index contributed by atoms with van der Waals surface area (Å²) in [4.78, 5) is 31.2. The molecule has 0 spiro atoms. The van der Waals surface area contributed by atoms with E-state index in [-0.39, 0.29) is 18.3 Å². The molecule has 1 aliphatic carbocycles. The van der Waals surface area contributed by atoms with Gasteiger partial charge in [-0.2, -0.15) is 0 Å². The van der Waals surface area contributed by atoms with E-state index >= 15 is 0 Å². The van der Waals surface area contributed by atoms with Gasteiger partial charge in [-0.15, -0.1) is 0 Å². The molecule has 1 amide bonds. The zero-order chi connectivity index (χ0) is 20.9. The van der Waals surface area contributed by atoms with Crippen LogP contribution in [0, 0.1) is 6.92 Å². The molecule has 0 atom stereocenters. The van der Waals surface area contributed by atoms with Crippen molar-refractivity contribution in [2.24, 2.45) is 0 Å². The molecule has 2 aromatic rings. The lowest BCUT2D eigenvalue weighted by Crippen LogP contribution is -2.47. The SMILES string of the molecule is CCOC(=O)C1(ON(C)C(=O)Cc2cc(-c3ccccc3)ccc2C)CCCC1. The quantitative estimate of drug-likeness (QED) is 0.513. The van der Waals surface area contributed by atoms with Gasteiger partial charge in [-0.25, -0.2) is 9.86 Å². The Labute approximate surface area is 172 Å². The molecule has 1 saturated carbocycles. The summed E-state index contributed by atoms with van der Waals surface area (Å²) in [7, 11) is 1.58. The van der Waals surface area contributed by atoms with E-state index in [1.54, 1.807) is 14.0 Å². The van der Waals surface area contributed by atoms with Gasteiger partial charge >= 0.3 is 5.97 Å². The summed E-state index contributed by atoms with van der Waals surface area (Å²) < 4.78 is 5.21. The van der Waals surface area contributed by atoms with Gasteiger partial charge in [0.05, 0.1) is 13.0 Å². The first-order valence-electron chi connectivity index (χ1n) is 10.2. The first-order valence-corrected chi connectivity index (χ1v) is 10.2. The number of nitrogens with zero attached hydrogens (tertiary/aromatic N) is 1. The summed E-state index contributed by atoms with van der Waals surface area (Å²) in [6, 6.07) is 16.2. The van der Waals surface area contributed by atoms with Crippen LogP contribution in [0.1, 0.15) is 43.7 Å². The van der Waals surface area contributed by atoms with Crippen LogP contribution in [0.15, 0.2) is 48.5 Å². The van der Waals surface area contributed by atoms with Crippen LogP contribution in [0.4, 0.5) is 0 Å². The maximum absolute atomic E-state index is 12.9. The maximum Gasteiger partial charge on any atom is 0.341 e. The number of carbonyl (C=O) groups is 2. The molecule has 5 nitrogen and oxygen atoms in total. The molecule has 154 valence electrons. The van der Waals surface area contributed by atoms with E-state index in [0.717, 1.165) is 35.1 Å². The topological polar surface area (TPSA) is 55.8 Å². The second kappa shape index (κ2) is 9.23. The summed E-state index contributed by atoms with van der Waals surface area (Å²) in [5.41, 5.74) is 3.14. The van der Waals surface area contributed by atoms with Crippen LogP contribution < -0.4 is 0 Å². The fourth-order valence-electron chi connectivity index (χ4n) is 3.80. The van der Waals surface area contributed by atoms with Crippen molar-refractivity contribution in [2.45, 2.75) is 51.6 Å². The molecular weight excluding hydrogens is 366 g/mol. The highest BCUT2D eigenvalue weighted by atomic mass is 16.7. The van der Waals surface area contributed by atoms with Crippen molar-refractivity contribution in [3.8, 4) is 11.1 Å². The second-order valence-electron chi connectivity index (χ2n) is 7.59. The number of aryl methyl sites for hydroxylation is 1. The molecule has 5 heteroatoms. The number of ether oxygens (including phenoxy) is 1. The number of carbonyl (C=O) groups excluding carboxylic acids is 2. The van der Waals surface area contributed by atoms with Crippen molar-refractivity contribution < 1.29 is 19.2 Å². The average molecular weight is 395 g/mol. The average Bonchev–Trinajstić information content (AvgIpc) is 3.20. The Morgan fingerprint density at radius 3 is 2.38 bits per heavy atom.